The van der Waals surface area contributed by atoms with Crippen LogP contribution >= 0.6 is 0 Å². The second kappa shape index (κ2) is 10.8. The minimum Gasteiger partial charge on any atom is -0.496 e. The topological polar surface area (TPSA) is 57.5 Å². The largest absolute Gasteiger partial charge is 0.496 e. The highest BCUT2D eigenvalue weighted by molar-refractivity contribution is 6.15. The van der Waals surface area contributed by atoms with Gasteiger partial charge in [0.1, 0.15) is 18.1 Å². The van der Waals surface area contributed by atoms with Crippen molar-refractivity contribution < 1.29 is 19.1 Å². The number of rotatable bonds is 9. The molecule has 4 aromatic rings. The Kier molecular flexibility index (Phi) is 7.09. The lowest BCUT2D eigenvalue weighted by Gasteiger charge is -2.15. The molecule has 0 atom stereocenters. The van der Waals surface area contributed by atoms with E-state index in [1.54, 1.807) is 28.8 Å². The molecule has 0 radical (unpaired) electrons. The lowest BCUT2D eigenvalue weighted by molar-refractivity contribution is 0.102. The zero-order chi connectivity index (χ0) is 26.6. The summed E-state index contributed by atoms with van der Waals surface area (Å²) in [6.45, 7) is 4.38. The second-order valence-corrected chi connectivity index (χ2v) is 9.35. The Bertz CT molecular complexity index is 1570. The predicted octanol–water partition coefficient (Wildman–Crippen LogP) is 6.98. The lowest BCUT2D eigenvalue weighted by atomic mass is 9.96. The second-order valence-electron chi connectivity index (χ2n) is 9.35. The van der Waals surface area contributed by atoms with Crippen molar-refractivity contribution >= 4 is 17.3 Å². The lowest BCUT2D eigenvalue weighted by Crippen LogP contribution is -2.13. The number of carbonyl (C=O) groups excluding carboxylic acids is 2. The summed E-state index contributed by atoms with van der Waals surface area (Å²) in [7, 11) is 1.54. The van der Waals surface area contributed by atoms with Crippen LogP contribution in [0.15, 0.2) is 103 Å². The van der Waals surface area contributed by atoms with Crippen LogP contribution in [0, 0.1) is 13.8 Å². The number of carbonyl (C=O) groups is 2. The van der Waals surface area contributed by atoms with Gasteiger partial charge in [-0.1, -0.05) is 60.2 Å². The Morgan fingerprint density at radius 1 is 0.868 bits per heavy atom. The number of aromatic nitrogens is 1. The van der Waals surface area contributed by atoms with E-state index in [1.165, 1.54) is 7.11 Å². The number of methoxy groups -OCH3 is 1. The molecule has 38 heavy (non-hydrogen) atoms. The third kappa shape index (κ3) is 4.96. The van der Waals surface area contributed by atoms with Crippen molar-refractivity contribution in [1.82, 2.24) is 4.57 Å². The molecular formula is C33H29NO4. The van der Waals surface area contributed by atoms with Crippen LogP contribution in [0.25, 0.3) is 5.70 Å². The molecule has 0 unspecified atom stereocenters. The summed E-state index contributed by atoms with van der Waals surface area (Å²) in [5, 5.41) is 0. The monoisotopic (exact) mass is 503 g/mol. The highest BCUT2D eigenvalue weighted by atomic mass is 16.5. The van der Waals surface area contributed by atoms with Crippen LogP contribution in [0.1, 0.15) is 49.5 Å². The van der Waals surface area contributed by atoms with Gasteiger partial charge in [-0.2, -0.15) is 0 Å². The van der Waals surface area contributed by atoms with E-state index in [9.17, 15) is 9.59 Å². The van der Waals surface area contributed by atoms with Crippen LogP contribution in [0.2, 0.25) is 0 Å². The van der Waals surface area contributed by atoms with Gasteiger partial charge in [0.2, 0.25) is 5.78 Å². The van der Waals surface area contributed by atoms with E-state index in [0.29, 0.717) is 52.6 Å². The molecule has 5 nitrogen and oxygen atoms in total. The summed E-state index contributed by atoms with van der Waals surface area (Å²) >= 11 is 0. The van der Waals surface area contributed by atoms with E-state index in [-0.39, 0.29) is 11.6 Å². The molecule has 1 heterocycles. The molecule has 1 aromatic heterocycles. The van der Waals surface area contributed by atoms with Crippen molar-refractivity contribution in [2.45, 2.75) is 26.9 Å². The maximum absolute atomic E-state index is 13.7. The van der Waals surface area contributed by atoms with Gasteiger partial charge < -0.3 is 14.0 Å². The molecule has 0 amide bonds. The Balaban J connectivity index is 1.44. The fraction of sp³-hybridized carbons (Fsp3) is 0.152. The van der Waals surface area contributed by atoms with Gasteiger partial charge in [-0.25, -0.2) is 0 Å². The molecular weight excluding hydrogens is 474 g/mol. The van der Waals surface area contributed by atoms with Gasteiger partial charge in [0.15, 0.2) is 5.78 Å². The molecule has 0 aliphatic heterocycles. The first-order chi connectivity index (χ1) is 18.5. The number of nitrogens with zero attached hydrogens (tertiary/aromatic N) is 1. The van der Waals surface area contributed by atoms with Gasteiger partial charge in [0.05, 0.1) is 24.1 Å². The SMILES string of the molecule is COc1cc(OCc2ccccc2)ccc1C(=O)c1cccn1C1=C(C(=O)c2ccc(C)cc2C)CC=C1. The predicted molar refractivity (Wildman–Crippen MR) is 149 cm³/mol. The maximum Gasteiger partial charge on any atom is 0.213 e. The number of Topliss-reactive ketones (excluding diaryl/α,β-unsaturated/α-hetero) is 1. The third-order valence-corrected chi connectivity index (χ3v) is 6.71. The zero-order valence-corrected chi connectivity index (χ0v) is 21.7. The van der Waals surface area contributed by atoms with E-state index in [2.05, 4.69) is 0 Å². The maximum atomic E-state index is 13.7. The van der Waals surface area contributed by atoms with E-state index < -0.39 is 0 Å². The van der Waals surface area contributed by atoms with Crippen LogP contribution < -0.4 is 9.47 Å². The van der Waals surface area contributed by atoms with Crippen LogP contribution in [0.5, 0.6) is 11.5 Å². The Morgan fingerprint density at radius 3 is 2.42 bits per heavy atom. The number of hydrogen-bond acceptors (Lipinski definition) is 4. The van der Waals surface area contributed by atoms with E-state index in [0.717, 1.165) is 16.7 Å². The minimum absolute atomic E-state index is 0.0212. The van der Waals surface area contributed by atoms with Crippen LogP contribution in [-0.2, 0) is 6.61 Å². The van der Waals surface area contributed by atoms with E-state index in [4.69, 9.17) is 9.47 Å². The Hall–Kier alpha value is -4.64. The van der Waals surface area contributed by atoms with E-state index >= 15 is 0 Å². The number of benzene rings is 3. The highest BCUT2D eigenvalue weighted by Crippen LogP contribution is 2.32. The van der Waals surface area contributed by atoms with Crippen molar-refractivity contribution in [3.8, 4) is 11.5 Å². The fourth-order valence-electron chi connectivity index (χ4n) is 4.76. The molecule has 0 spiro atoms. The van der Waals surface area contributed by atoms with Crippen molar-refractivity contribution in [1.29, 1.82) is 0 Å². The van der Waals surface area contributed by atoms with Gasteiger partial charge in [0.25, 0.3) is 0 Å². The normalized spacial score (nSPS) is 12.6. The Labute approximate surface area is 222 Å². The molecule has 190 valence electrons. The van der Waals surface area contributed by atoms with Crippen LogP contribution in [0.4, 0.5) is 0 Å². The first kappa shape index (κ1) is 25.0. The molecule has 5 heteroatoms. The summed E-state index contributed by atoms with van der Waals surface area (Å²) in [4.78, 5) is 27.2. The molecule has 0 fully saturated rings. The van der Waals surface area contributed by atoms with Gasteiger partial charge in [-0.15, -0.1) is 0 Å². The summed E-state index contributed by atoms with van der Waals surface area (Å²) in [6, 6.07) is 24.5. The van der Waals surface area contributed by atoms with Crippen molar-refractivity contribution in [3.05, 3.63) is 136 Å². The standard InChI is InChI=1S/C33H29NO4/c1-22-14-16-26(23(2)19-22)32(35)27-11-7-12-29(27)34-18-8-13-30(34)33(36)28-17-15-25(20-31(28)37-3)38-21-24-9-5-4-6-10-24/h4-10,12-20H,11,21H2,1-3H3. The molecule has 0 saturated heterocycles. The smallest absolute Gasteiger partial charge is 0.213 e. The number of allylic oxidation sites excluding steroid dienone is 4. The van der Waals surface area contributed by atoms with Gasteiger partial charge in [0, 0.05) is 23.4 Å². The van der Waals surface area contributed by atoms with Gasteiger partial charge in [-0.3, -0.25) is 9.59 Å². The summed E-state index contributed by atoms with van der Waals surface area (Å²) < 4.78 is 13.3. The van der Waals surface area contributed by atoms with Crippen molar-refractivity contribution in [2.75, 3.05) is 7.11 Å². The quantitative estimate of drug-likeness (QED) is 0.231. The molecule has 5 rings (SSSR count). The van der Waals surface area contributed by atoms with E-state index in [1.807, 2.05) is 86.8 Å². The molecule has 0 bridgehead atoms. The molecule has 0 N–H and O–H groups in total. The molecule has 3 aromatic carbocycles. The van der Waals surface area contributed by atoms with Gasteiger partial charge in [-0.05, 0) is 61.7 Å². The summed E-state index contributed by atoms with van der Waals surface area (Å²) in [5.41, 5.74) is 6.04. The number of hydrogen-bond donors (Lipinski definition) is 0. The summed E-state index contributed by atoms with van der Waals surface area (Å²) in [5.74, 6) is 0.816. The first-order valence-corrected chi connectivity index (χ1v) is 12.5. The van der Waals surface area contributed by atoms with Crippen LogP contribution in [0.3, 0.4) is 0 Å². The van der Waals surface area contributed by atoms with Crippen molar-refractivity contribution in [3.63, 3.8) is 0 Å². The van der Waals surface area contributed by atoms with Crippen molar-refractivity contribution in [2.24, 2.45) is 0 Å². The summed E-state index contributed by atoms with van der Waals surface area (Å²) in [6.07, 6.45) is 6.20. The average molecular weight is 504 g/mol. The molecule has 0 saturated carbocycles. The third-order valence-electron chi connectivity index (χ3n) is 6.71. The fourth-order valence-corrected chi connectivity index (χ4v) is 4.76. The zero-order valence-electron chi connectivity index (χ0n) is 21.7. The molecule has 1 aliphatic carbocycles. The highest BCUT2D eigenvalue weighted by Gasteiger charge is 2.25. The first-order valence-electron chi connectivity index (χ1n) is 12.5. The number of aryl methyl sites for hydroxylation is 2. The van der Waals surface area contributed by atoms with Crippen LogP contribution in [-0.4, -0.2) is 23.2 Å². The number of ketones is 2. The average Bonchev–Trinajstić information content (AvgIpc) is 3.61. The molecule has 1 aliphatic rings. The minimum atomic E-state index is -0.201. The Morgan fingerprint density at radius 2 is 1.66 bits per heavy atom. The van der Waals surface area contributed by atoms with Gasteiger partial charge >= 0.3 is 0 Å². The number of ether oxygens (including phenoxy) is 2.